The monoisotopic (exact) mass is 293 g/mol. The normalized spacial score (nSPS) is 10.8. The molecule has 0 aliphatic rings. The van der Waals surface area contributed by atoms with Gasteiger partial charge in [0.15, 0.2) is 11.5 Å². The zero-order valence-corrected chi connectivity index (χ0v) is 10.7. The number of nitriles is 1. The van der Waals surface area contributed by atoms with E-state index in [4.69, 9.17) is 10.00 Å². The number of para-hydroxylation sites is 2. The molecule has 0 fully saturated rings. The molecule has 0 saturated carbocycles. The Labute approximate surface area is 119 Å². The number of alkyl halides is 3. The molecule has 0 aliphatic heterocycles. The van der Waals surface area contributed by atoms with Gasteiger partial charge in [0.25, 0.3) is 0 Å². The first kappa shape index (κ1) is 14.7. The number of halogens is 3. The smallest absolute Gasteiger partial charge is 0.485 e. The molecular formula is C15H10F3NO2. The van der Waals surface area contributed by atoms with E-state index in [1.807, 2.05) is 6.07 Å². The minimum Gasteiger partial charge on any atom is -0.485 e. The van der Waals surface area contributed by atoms with Gasteiger partial charge < -0.3 is 9.47 Å². The van der Waals surface area contributed by atoms with E-state index in [0.29, 0.717) is 11.1 Å². The minimum absolute atomic E-state index is 0.0165. The van der Waals surface area contributed by atoms with Crippen LogP contribution in [0.1, 0.15) is 11.1 Å². The van der Waals surface area contributed by atoms with Gasteiger partial charge in [-0.3, -0.25) is 0 Å². The summed E-state index contributed by atoms with van der Waals surface area (Å²) in [6, 6.07) is 14.1. The van der Waals surface area contributed by atoms with Crippen LogP contribution in [0.4, 0.5) is 13.2 Å². The van der Waals surface area contributed by atoms with Crippen molar-refractivity contribution in [1.82, 2.24) is 0 Å². The van der Waals surface area contributed by atoms with Crippen molar-refractivity contribution in [2.45, 2.75) is 13.0 Å². The molecule has 0 amide bonds. The second-order valence-electron chi connectivity index (χ2n) is 4.10. The first-order valence-electron chi connectivity index (χ1n) is 5.94. The fraction of sp³-hybridized carbons (Fsp3) is 0.133. The van der Waals surface area contributed by atoms with Crippen LogP contribution in [0.25, 0.3) is 0 Å². The number of ether oxygens (including phenoxy) is 2. The summed E-state index contributed by atoms with van der Waals surface area (Å²) < 4.78 is 46.0. The van der Waals surface area contributed by atoms with Crippen molar-refractivity contribution in [2.75, 3.05) is 0 Å². The minimum atomic E-state index is -4.78. The summed E-state index contributed by atoms with van der Waals surface area (Å²) in [6.45, 7) is 0.0355. The molecule has 0 aliphatic carbocycles. The number of benzene rings is 2. The predicted octanol–water partition coefficient (Wildman–Crippen LogP) is 4.04. The van der Waals surface area contributed by atoms with Gasteiger partial charge in [-0.2, -0.15) is 5.26 Å². The van der Waals surface area contributed by atoms with Crippen molar-refractivity contribution in [1.29, 1.82) is 5.26 Å². The molecule has 0 N–H and O–H groups in total. The van der Waals surface area contributed by atoms with Crippen LogP contribution < -0.4 is 9.47 Å². The first-order chi connectivity index (χ1) is 9.98. The highest BCUT2D eigenvalue weighted by atomic mass is 19.4. The second-order valence-corrected chi connectivity index (χ2v) is 4.10. The summed E-state index contributed by atoms with van der Waals surface area (Å²) in [6.07, 6.45) is -4.78. The average molecular weight is 293 g/mol. The largest absolute Gasteiger partial charge is 0.573 e. The Morgan fingerprint density at radius 2 is 1.71 bits per heavy atom. The van der Waals surface area contributed by atoms with Crippen LogP contribution in [0.15, 0.2) is 48.5 Å². The molecule has 0 spiro atoms. The van der Waals surface area contributed by atoms with Gasteiger partial charge in [-0.1, -0.05) is 24.3 Å². The fourth-order valence-corrected chi connectivity index (χ4v) is 1.67. The van der Waals surface area contributed by atoms with Crippen LogP contribution >= 0.6 is 0 Å². The number of hydrogen-bond donors (Lipinski definition) is 0. The third kappa shape index (κ3) is 4.42. The Balaban J connectivity index is 2.11. The van der Waals surface area contributed by atoms with Crippen LogP contribution in [0.5, 0.6) is 11.5 Å². The lowest BCUT2D eigenvalue weighted by atomic mass is 10.1. The molecule has 108 valence electrons. The second kappa shape index (κ2) is 6.18. The lowest BCUT2D eigenvalue weighted by molar-refractivity contribution is -0.275. The summed E-state index contributed by atoms with van der Waals surface area (Å²) in [5.74, 6) is -0.418. The van der Waals surface area contributed by atoms with Crippen LogP contribution in [-0.4, -0.2) is 6.36 Å². The van der Waals surface area contributed by atoms with Gasteiger partial charge in [-0.05, 0) is 29.8 Å². The Morgan fingerprint density at radius 3 is 2.38 bits per heavy atom. The zero-order chi connectivity index (χ0) is 15.3. The third-order valence-corrected chi connectivity index (χ3v) is 2.53. The van der Waals surface area contributed by atoms with E-state index >= 15 is 0 Å². The molecule has 2 aromatic carbocycles. The number of hydrogen-bond acceptors (Lipinski definition) is 3. The number of nitrogens with zero attached hydrogens (tertiary/aromatic N) is 1. The maximum absolute atomic E-state index is 12.3. The Kier molecular flexibility index (Phi) is 4.33. The average Bonchev–Trinajstić information content (AvgIpc) is 2.45. The summed E-state index contributed by atoms with van der Waals surface area (Å²) in [5, 5.41) is 8.78. The maximum Gasteiger partial charge on any atom is 0.573 e. The standard InChI is InChI=1S/C15H10F3NO2/c16-15(17,18)21-14-7-2-1-6-13(14)20-10-12-5-3-4-11(8-12)9-19/h1-8H,10H2. The zero-order valence-electron chi connectivity index (χ0n) is 10.7. The van der Waals surface area contributed by atoms with Crippen LogP contribution in [-0.2, 0) is 6.61 Å². The van der Waals surface area contributed by atoms with E-state index in [1.54, 1.807) is 30.3 Å². The van der Waals surface area contributed by atoms with Gasteiger partial charge in [0.1, 0.15) is 6.61 Å². The number of rotatable bonds is 4. The van der Waals surface area contributed by atoms with E-state index in [0.717, 1.165) is 0 Å². The highest BCUT2D eigenvalue weighted by Gasteiger charge is 2.32. The highest BCUT2D eigenvalue weighted by Crippen LogP contribution is 2.32. The quantitative estimate of drug-likeness (QED) is 0.854. The fourth-order valence-electron chi connectivity index (χ4n) is 1.67. The van der Waals surface area contributed by atoms with Crippen molar-refractivity contribution in [2.24, 2.45) is 0 Å². The van der Waals surface area contributed by atoms with Crippen LogP contribution in [0, 0.1) is 11.3 Å². The van der Waals surface area contributed by atoms with Crippen molar-refractivity contribution in [3.8, 4) is 17.6 Å². The summed E-state index contributed by atoms with van der Waals surface area (Å²) >= 11 is 0. The van der Waals surface area contributed by atoms with Crippen molar-refractivity contribution in [3.63, 3.8) is 0 Å². The van der Waals surface area contributed by atoms with Gasteiger partial charge in [-0.25, -0.2) is 0 Å². The molecule has 3 nitrogen and oxygen atoms in total. The Hall–Kier alpha value is -2.68. The van der Waals surface area contributed by atoms with Gasteiger partial charge in [0.2, 0.25) is 0 Å². The summed E-state index contributed by atoms with van der Waals surface area (Å²) in [5.41, 5.74) is 1.13. The van der Waals surface area contributed by atoms with Crippen LogP contribution in [0.2, 0.25) is 0 Å². The molecule has 6 heteroatoms. The molecule has 0 atom stereocenters. The van der Waals surface area contributed by atoms with Gasteiger partial charge in [-0.15, -0.1) is 13.2 Å². The maximum atomic E-state index is 12.3. The highest BCUT2D eigenvalue weighted by molar-refractivity contribution is 5.40. The Morgan fingerprint density at radius 1 is 1.00 bits per heavy atom. The lowest BCUT2D eigenvalue weighted by Gasteiger charge is -2.14. The predicted molar refractivity (Wildman–Crippen MR) is 68.6 cm³/mol. The molecule has 2 aromatic rings. The topological polar surface area (TPSA) is 42.2 Å². The lowest BCUT2D eigenvalue weighted by Crippen LogP contribution is -2.17. The third-order valence-electron chi connectivity index (χ3n) is 2.53. The molecule has 0 heterocycles. The van der Waals surface area contributed by atoms with E-state index in [2.05, 4.69) is 4.74 Å². The van der Waals surface area contributed by atoms with E-state index < -0.39 is 12.1 Å². The summed E-state index contributed by atoms with van der Waals surface area (Å²) in [7, 11) is 0. The van der Waals surface area contributed by atoms with E-state index in [1.165, 1.54) is 18.2 Å². The van der Waals surface area contributed by atoms with Gasteiger partial charge in [0, 0.05) is 0 Å². The molecule has 0 saturated heterocycles. The molecule has 0 bridgehead atoms. The van der Waals surface area contributed by atoms with Crippen LogP contribution in [0.3, 0.4) is 0 Å². The van der Waals surface area contributed by atoms with E-state index in [-0.39, 0.29) is 12.4 Å². The Bertz CT molecular complexity index is 662. The van der Waals surface area contributed by atoms with Crippen molar-refractivity contribution in [3.05, 3.63) is 59.7 Å². The van der Waals surface area contributed by atoms with E-state index in [9.17, 15) is 13.2 Å². The molecule has 2 rings (SSSR count). The molecule has 0 unspecified atom stereocenters. The van der Waals surface area contributed by atoms with Crippen molar-refractivity contribution < 1.29 is 22.6 Å². The summed E-state index contributed by atoms with van der Waals surface area (Å²) in [4.78, 5) is 0. The molecular weight excluding hydrogens is 283 g/mol. The molecule has 21 heavy (non-hydrogen) atoms. The van der Waals surface area contributed by atoms with Crippen molar-refractivity contribution >= 4 is 0 Å². The first-order valence-corrected chi connectivity index (χ1v) is 5.94. The SMILES string of the molecule is N#Cc1cccc(COc2ccccc2OC(F)(F)F)c1. The molecule has 0 aromatic heterocycles. The van der Waals surface area contributed by atoms with Gasteiger partial charge in [0.05, 0.1) is 11.6 Å². The molecule has 0 radical (unpaired) electrons. The van der Waals surface area contributed by atoms with Gasteiger partial charge >= 0.3 is 6.36 Å².